The summed E-state index contributed by atoms with van der Waals surface area (Å²) in [5, 5.41) is 17.1. The van der Waals surface area contributed by atoms with Gasteiger partial charge in [-0.3, -0.25) is 0 Å². The molecule has 0 saturated carbocycles. The van der Waals surface area contributed by atoms with E-state index in [-0.39, 0.29) is 0 Å². The van der Waals surface area contributed by atoms with Crippen LogP contribution in [0.25, 0.3) is 0 Å². The van der Waals surface area contributed by atoms with Crippen LogP contribution in [0.4, 0.5) is 0 Å². The summed E-state index contributed by atoms with van der Waals surface area (Å²) in [6, 6.07) is 9.66. The second kappa shape index (κ2) is 3.55. The van der Waals surface area contributed by atoms with E-state index in [0.29, 0.717) is 10.6 Å². The van der Waals surface area contributed by atoms with E-state index < -0.39 is 5.54 Å². The smallest absolute Gasteiger partial charge is 0.157 e. The molecule has 0 fully saturated rings. The maximum Gasteiger partial charge on any atom is 0.157 e. The maximum atomic E-state index is 9.16. The average molecular weight is 218 g/mol. The highest BCUT2D eigenvalue weighted by Gasteiger charge is 2.38. The highest BCUT2D eigenvalue weighted by Crippen LogP contribution is 2.38. The van der Waals surface area contributed by atoms with Gasteiger partial charge in [-0.25, -0.2) is 0 Å². The van der Waals surface area contributed by atoms with E-state index in [0.717, 1.165) is 11.8 Å². The number of thiocarbonyl (C=S) groups is 1. The second-order valence-corrected chi connectivity index (χ2v) is 3.87. The van der Waals surface area contributed by atoms with Gasteiger partial charge < -0.3 is 5.11 Å². The van der Waals surface area contributed by atoms with Crippen LogP contribution in [0.2, 0.25) is 0 Å². The summed E-state index contributed by atoms with van der Waals surface area (Å²) in [6.45, 7) is 1.88. The molecule has 1 unspecified atom stereocenters. The van der Waals surface area contributed by atoms with Crippen molar-refractivity contribution in [3.05, 3.63) is 47.7 Å². The van der Waals surface area contributed by atoms with Gasteiger partial charge >= 0.3 is 0 Å². The van der Waals surface area contributed by atoms with Crippen LogP contribution in [-0.4, -0.2) is 10.1 Å². The van der Waals surface area contributed by atoms with Crippen LogP contribution < -0.4 is 0 Å². The van der Waals surface area contributed by atoms with E-state index in [4.69, 9.17) is 17.3 Å². The summed E-state index contributed by atoms with van der Waals surface area (Å²) in [4.78, 5) is 0.351. The van der Waals surface area contributed by atoms with Crippen molar-refractivity contribution in [2.24, 2.45) is 10.2 Å². The van der Waals surface area contributed by atoms with Crippen LogP contribution in [0.15, 0.2) is 52.4 Å². The van der Waals surface area contributed by atoms with Crippen molar-refractivity contribution >= 4 is 17.2 Å². The summed E-state index contributed by atoms with van der Waals surface area (Å²) in [6.07, 6.45) is 0.995. The number of hydrogen-bond donors (Lipinski definition) is 1. The molecule has 0 radical (unpaired) electrons. The molecule has 0 bridgehead atoms. The molecule has 4 heteroatoms. The van der Waals surface area contributed by atoms with Crippen molar-refractivity contribution in [1.29, 1.82) is 0 Å². The van der Waals surface area contributed by atoms with Gasteiger partial charge in [0.15, 0.2) is 4.99 Å². The second-order valence-electron chi connectivity index (χ2n) is 3.49. The predicted molar refractivity (Wildman–Crippen MR) is 62.0 cm³/mol. The predicted octanol–water partition coefficient (Wildman–Crippen LogP) is 3.14. The Morgan fingerprint density at radius 1 is 1.33 bits per heavy atom. The van der Waals surface area contributed by atoms with Crippen LogP contribution in [0, 0.1) is 0 Å². The van der Waals surface area contributed by atoms with Gasteiger partial charge in [0.05, 0.1) is 11.8 Å². The van der Waals surface area contributed by atoms with Gasteiger partial charge in [-0.2, -0.15) is 5.11 Å². The number of azo groups is 1. The van der Waals surface area contributed by atoms with Gasteiger partial charge in [0.25, 0.3) is 0 Å². The lowest BCUT2D eigenvalue weighted by Gasteiger charge is -2.20. The quantitative estimate of drug-likeness (QED) is 0.447. The Morgan fingerprint density at radius 3 is 2.60 bits per heavy atom. The van der Waals surface area contributed by atoms with Crippen LogP contribution in [0.3, 0.4) is 0 Å². The van der Waals surface area contributed by atoms with Gasteiger partial charge in [-0.15, -0.1) is 5.11 Å². The number of rotatable bonds is 1. The van der Waals surface area contributed by atoms with Gasteiger partial charge in [-0.05, 0) is 12.5 Å². The summed E-state index contributed by atoms with van der Waals surface area (Å²) >= 11 is 5.00. The third-order valence-electron chi connectivity index (χ3n) is 2.56. The summed E-state index contributed by atoms with van der Waals surface area (Å²) < 4.78 is 0. The van der Waals surface area contributed by atoms with E-state index in [2.05, 4.69) is 10.2 Å². The molecule has 3 nitrogen and oxygen atoms in total. The zero-order chi connectivity index (χ0) is 10.9. The van der Waals surface area contributed by atoms with Crippen LogP contribution in [-0.2, 0) is 5.54 Å². The molecule has 1 N–H and O–H groups in total. The Bertz CT molecular complexity index is 453. The van der Waals surface area contributed by atoms with Crippen molar-refractivity contribution in [2.45, 2.75) is 12.5 Å². The molecule has 0 aliphatic carbocycles. The SMILES string of the molecule is CC1(c2ccccc2)N=NC(=S)C1=CO. The Labute approximate surface area is 93.2 Å². The first-order valence-corrected chi connectivity index (χ1v) is 4.97. The fraction of sp³-hybridized carbons (Fsp3) is 0.182. The lowest BCUT2D eigenvalue weighted by Crippen LogP contribution is -2.20. The minimum atomic E-state index is -0.646. The van der Waals surface area contributed by atoms with Crippen LogP contribution in [0.1, 0.15) is 12.5 Å². The molecule has 1 aliphatic rings. The minimum absolute atomic E-state index is 0.351. The fourth-order valence-corrected chi connectivity index (χ4v) is 1.91. The first-order chi connectivity index (χ1) is 7.18. The molecular weight excluding hydrogens is 208 g/mol. The first kappa shape index (κ1) is 9.98. The van der Waals surface area contributed by atoms with Crippen molar-refractivity contribution < 1.29 is 5.11 Å². The van der Waals surface area contributed by atoms with Gasteiger partial charge in [0, 0.05) is 0 Å². The van der Waals surface area contributed by atoms with E-state index in [1.807, 2.05) is 37.3 Å². The Kier molecular flexibility index (Phi) is 2.36. The molecule has 0 amide bonds. The standard InChI is InChI=1S/C11H10N2OS/c1-11(8-5-3-2-4-6-8)9(7-14)10(15)12-13-11/h2-7,14H,1H3. The van der Waals surface area contributed by atoms with Gasteiger partial charge in [0.1, 0.15) is 5.54 Å². The third kappa shape index (κ3) is 1.47. The average Bonchev–Trinajstić information content (AvgIpc) is 2.57. The highest BCUT2D eigenvalue weighted by atomic mass is 32.1. The van der Waals surface area contributed by atoms with Crippen LogP contribution >= 0.6 is 12.2 Å². The van der Waals surface area contributed by atoms with Crippen molar-refractivity contribution in [2.75, 3.05) is 0 Å². The van der Waals surface area contributed by atoms with Crippen molar-refractivity contribution in [3.63, 3.8) is 0 Å². The zero-order valence-corrected chi connectivity index (χ0v) is 9.03. The van der Waals surface area contributed by atoms with E-state index in [1.54, 1.807) is 0 Å². The molecule has 0 saturated heterocycles. The topological polar surface area (TPSA) is 45.0 Å². The first-order valence-electron chi connectivity index (χ1n) is 4.56. The zero-order valence-electron chi connectivity index (χ0n) is 8.21. The Hall–Kier alpha value is -1.55. The molecule has 15 heavy (non-hydrogen) atoms. The number of benzene rings is 1. The number of aliphatic hydroxyl groups is 1. The molecule has 1 aromatic rings. The third-order valence-corrected chi connectivity index (χ3v) is 2.86. The maximum absolute atomic E-state index is 9.16. The van der Waals surface area contributed by atoms with E-state index in [9.17, 15) is 0 Å². The van der Waals surface area contributed by atoms with E-state index in [1.165, 1.54) is 0 Å². The van der Waals surface area contributed by atoms with Gasteiger partial charge in [-0.1, -0.05) is 42.5 Å². The molecule has 2 rings (SSSR count). The molecule has 1 aromatic carbocycles. The number of aliphatic hydroxyl groups excluding tert-OH is 1. The largest absolute Gasteiger partial charge is 0.515 e. The van der Waals surface area contributed by atoms with Crippen molar-refractivity contribution in [3.8, 4) is 0 Å². The number of nitrogens with zero attached hydrogens (tertiary/aromatic N) is 2. The molecular formula is C11H10N2OS. The molecule has 0 aromatic heterocycles. The summed E-state index contributed by atoms with van der Waals surface area (Å²) in [5.41, 5.74) is 0.894. The van der Waals surface area contributed by atoms with Crippen LogP contribution in [0.5, 0.6) is 0 Å². The monoisotopic (exact) mass is 218 g/mol. The molecule has 1 atom stereocenters. The summed E-state index contributed by atoms with van der Waals surface area (Å²) in [5.74, 6) is 0. The number of hydrogen-bond acceptors (Lipinski definition) is 3. The molecule has 76 valence electrons. The Morgan fingerprint density at radius 2 is 2.00 bits per heavy atom. The Balaban J connectivity index is 2.53. The van der Waals surface area contributed by atoms with Crippen molar-refractivity contribution in [1.82, 2.24) is 0 Å². The fourth-order valence-electron chi connectivity index (χ4n) is 1.62. The van der Waals surface area contributed by atoms with E-state index >= 15 is 0 Å². The molecule has 1 aliphatic heterocycles. The molecule has 1 heterocycles. The highest BCUT2D eigenvalue weighted by molar-refractivity contribution is 7.80. The molecule has 0 spiro atoms. The normalized spacial score (nSPS) is 27.5. The summed E-state index contributed by atoms with van der Waals surface area (Å²) in [7, 11) is 0. The lowest BCUT2D eigenvalue weighted by atomic mass is 9.86. The minimum Gasteiger partial charge on any atom is -0.515 e. The van der Waals surface area contributed by atoms with Gasteiger partial charge in [0.2, 0.25) is 0 Å². The lowest BCUT2D eigenvalue weighted by molar-refractivity contribution is 0.455.